The van der Waals surface area contributed by atoms with Crippen LogP contribution in [0.4, 0.5) is 0 Å². The van der Waals surface area contributed by atoms with Gasteiger partial charge in [0, 0.05) is 5.25 Å². The van der Waals surface area contributed by atoms with Gasteiger partial charge in [-0.2, -0.15) is 0 Å². The predicted molar refractivity (Wildman–Crippen MR) is 72.9 cm³/mol. The van der Waals surface area contributed by atoms with Crippen molar-refractivity contribution in [2.45, 2.75) is 25.0 Å². The van der Waals surface area contributed by atoms with Crippen molar-refractivity contribution in [2.24, 2.45) is 0 Å². The van der Waals surface area contributed by atoms with Gasteiger partial charge in [0.2, 0.25) is 0 Å². The first-order valence-corrected chi connectivity index (χ1v) is 6.74. The van der Waals surface area contributed by atoms with Crippen molar-refractivity contribution in [3.05, 3.63) is 34.7 Å². The van der Waals surface area contributed by atoms with Crippen LogP contribution < -0.4 is 9.47 Å². The Morgan fingerprint density at radius 2 is 2.00 bits per heavy atom. The molecule has 0 radical (unpaired) electrons. The van der Waals surface area contributed by atoms with Crippen LogP contribution in [-0.4, -0.2) is 14.2 Å². The monoisotopic (exact) mass is 250 g/mol. The summed E-state index contributed by atoms with van der Waals surface area (Å²) in [6.45, 7) is 2.20. The van der Waals surface area contributed by atoms with E-state index in [9.17, 15) is 0 Å². The fourth-order valence-electron chi connectivity index (χ4n) is 2.00. The van der Waals surface area contributed by atoms with E-state index in [1.165, 1.54) is 10.5 Å². The molecule has 0 saturated heterocycles. The zero-order valence-electron chi connectivity index (χ0n) is 10.5. The largest absolute Gasteiger partial charge is 0.493 e. The van der Waals surface area contributed by atoms with Gasteiger partial charge >= 0.3 is 0 Å². The van der Waals surface area contributed by atoms with Crippen molar-refractivity contribution in [2.75, 3.05) is 14.2 Å². The van der Waals surface area contributed by atoms with Crippen molar-refractivity contribution in [1.29, 1.82) is 0 Å². The van der Waals surface area contributed by atoms with Gasteiger partial charge in [-0.25, -0.2) is 0 Å². The molecule has 2 nitrogen and oxygen atoms in total. The first kappa shape index (κ1) is 12.4. The highest BCUT2D eigenvalue weighted by molar-refractivity contribution is 8.03. The van der Waals surface area contributed by atoms with Gasteiger partial charge in [-0.05, 0) is 35.4 Å². The predicted octanol–water partition coefficient (Wildman–Crippen LogP) is 4.18. The highest BCUT2D eigenvalue weighted by atomic mass is 32.2. The molecule has 17 heavy (non-hydrogen) atoms. The van der Waals surface area contributed by atoms with Gasteiger partial charge in [0.05, 0.1) is 14.2 Å². The molecule has 0 N–H and O–H groups in total. The highest BCUT2D eigenvalue weighted by Crippen LogP contribution is 2.46. The topological polar surface area (TPSA) is 18.5 Å². The Labute approximate surface area is 107 Å². The van der Waals surface area contributed by atoms with E-state index in [2.05, 4.69) is 25.1 Å². The first-order chi connectivity index (χ1) is 8.28. The van der Waals surface area contributed by atoms with Gasteiger partial charge in [-0.1, -0.05) is 19.1 Å². The normalized spacial score (nSPS) is 19.0. The lowest BCUT2D eigenvalue weighted by molar-refractivity contribution is 0.354. The number of hydrogen-bond acceptors (Lipinski definition) is 3. The molecule has 0 spiro atoms. The average molecular weight is 250 g/mol. The van der Waals surface area contributed by atoms with Crippen LogP contribution in [0.25, 0.3) is 0 Å². The second kappa shape index (κ2) is 5.50. The SMILES string of the molecule is CCC1=CCC(c2ccc(OC)c(OC)c2)S1. The van der Waals surface area contributed by atoms with E-state index in [-0.39, 0.29) is 0 Å². The van der Waals surface area contributed by atoms with Gasteiger partial charge in [0.15, 0.2) is 11.5 Å². The van der Waals surface area contributed by atoms with Gasteiger partial charge in [-0.3, -0.25) is 0 Å². The van der Waals surface area contributed by atoms with Gasteiger partial charge in [0.1, 0.15) is 0 Å². The summed E-state index contributed by atoms with van der Waals surface area (Å²) in [7, 11) is 3.34. The molecule has 0 aliphatic carbocycles. The molecule has 92 valence electrons. The molecule has 0 aromatic heterocycles. The molecule has 0 saturated carbocycles. The number of thioether (sulfide) groups is 1. The maximum Gasteiger partial charge on any atom is 0.161 e. The standard InChI is InChI=1S/C14H18O2S/c1-4-11-6-8-14(17-11)10-5-7-12(15-2)13(9-10)16-3/h5-7,9,14H,4,8H2,1-3H3. The summed E-state index contributed by atoms with van der Waals surface area (Å²) in [6.07, 6.45) is 4.59. The highest BCUT2D eigenvalue weighted by Gasteiger charge is 2.19. The molecule has 0 bridgehead atoms. The maximum atomic E-state index is 5.34. The third-order valence-electron chi connectivity index (χ3n) is 2.98. The third kappa shape index (κ3) is 2.60. The summed E-state index contributed by atoms with van der Waals surface area (Å²) in [5, 5.41) is 0.532. The fraction of sp³-hybridized carbons (Fsp3) is 0.429. The van der Waals surface area contributed by atoms with Crippen LogP contribution in [0.2, 0.25) is 0 Å². The van der Waals surface area contributed by atoms with Crippen LogP contribution in [0.1, 0.15) is 30.6 Å². The van der Waals surface area contributed by atoms with E-state index in [0.717, 1.165) is 24.3 Å². The second-order valence-corrected chi connectivity index (χ2v) is 5.31. The molecule has 1 aromatic carbocycles. The van der Waals surface area contributed by atoms with E-state index < -0.39 is 0 Å². The number of allylic oxidation sites excluding steroid dienone is 2. The Morgan fingerprint density at radius 3 is 2.59 bits per heavy atom. The van der Waals surface area contributed by atoms with Crippen LogP contribution >= 0.6 is 11.8 Å². The van der Waals surface area contributed by atoms with Crippen molar-refractivity contribution in [3.8, 4) is 11.5 Å². The minimum absolute atomic E-state index is 0.532. The Bertz CT molecular complexity index is 426. The summed E-state index contributed by atoms with van der Waals surface area (Å²) in [6, 6.07) is 6.20. The van der Waals surface area contributed by atoms with Gasteiger partial charge in [0.25, 0.3) is 0 Å². The number of methoxy groups -OCH3 is 2. The average Bonchev–Trinajstić information content (AvgIpc) is 2.86. The lowest BCUT2D eigenvalue weighted by Crippen LogP contribution is -1.94. The lowest BCUT2D eigenvalue weighted by atomic mass is 10.1. The van der Waals surface area contributed by atoms with E-state index in [4.69, 9.17) is 9.47 Å². The maximum absolute atomic E-state index is 5.34. The number of ether oxygens (including phenoxy) is 2. The summed E-state index contributed by atoms with van der Waals surface area (Å²) in [4.78, 5) is 1.49. The first-order valence-electron chi connectivity index (χ1n) is 5.86. The molecule has 1 aliphatic rings. The summed E-state index contributed by atoms with van der Waals surface area (Å²) in [5.74, 6) is 1.61. The smallest absolute Gasteiger partial charge is 0.161 e. The number of benzene rings is 1. The fourth-order valence-corrected chi connectivity index (χ4v) is 3.20. The molecular formula is C14H18O2S. The molecule has 1 aromatic rings. The summed E-state index contributed by atoms with van der Waals surface area (Å²) < 4.78 is 10.6. The Morgan fingerprint density at radius 1 is 1.24 bits per heavy atom. The van der Waals surface area contributed by atoms with Gasteiger partial charge in [-0.15, -0.1) is 11.8 Å². The minimum atomic E-state index is 0.532. The minimum Gasteiger partial charge on any atom is -0.493 e. The van der Waals surface area contributed by atoms with Crippen LogP contribution in [0.5, 0.6) is 11.5 Å². The van der Waals surface area contributed by atoms with Crippen LogP contribution in [0.15, 0.2) is 29.2 Å². The molecule has 1 atom stereocenters. The summed E-state index contributed by atoms with van der Waals surface area (Å²) >= 11 is 1.96. The van der Waals surface area contributed by atoms with E-state index in [1.807, 2.05) is 17.8 Å². The third-order valence-corrected chi connectivity index (χ3v) is 4.49. The number of rotatable bonds is 4. The molecule has 0 amide bonds. The van der Waals surface area contributed by atoms with Crippen molar-refractivity contribution in [1.82, 2.24) is 0 Å². The van der Waals surface area contributed by atoms with Crippen molar-refractivity contribution < 1.29 is 9.47 Å². The molecule has 3 heteroatoms. The quantitative estimate of drug-likeness (QED) is 0.799. The Balaban J connectivity index is 2.18. The van der Waals surface area contributed by atoms with E-state index in [0.29, 0.717) is 5.25 Å². The lowest BCUT2D eigenvalue weighted by Gasteiger charge is -2.13. The van der Waals surface area contributed by atoms with Crippen molar-refractivity contribution >= 4 is 11.8 Å². The van der Waals surface area contributed by atoms with Crippen molar-refractivity contribution in [3.63, 3.8) is 0 Å². The Hall–Kier alpha value is -1.09. The zero-order chi connectivity index (χ0) is 12.3. The molecule has 1 heterocycles. The van der Waals surface area contributed by atoms with Gasteiger partial charge < -0.3 is 9.47 Å². The molecule has 2 rings (SSSR count). The number of hydrogen-bond donors (Lipinski definition) is 0. The van der Waals surface area contributed by atoms with Crippen LogP contribution in [0, 0.1) is 0 Å². The molecule has 1 aliphatic heterocycles. The van der Waals surface area contributed by atoms with E-state index >= 15 is 0 Å². The molecular weight excluding hydrogens is 232 g/mol. The second-order valence-electron chi connectivity index (χ2n) is 3.98. The van der Waals surface area contributed by atoms with Crippen LogP contribution in [-0.2, 0) is 0 Å². The Kier molecular flexibility index (Phi) is 4.00. The van der Waals surface area contributed by atoms with Crippen LogP contribution in [0.3, 0.4) is 0 Å². The molecule has 1 unspecified atom stereocenters. The summed E-state index contributed by atoms with van der Waals surface area (Å²) in [5.41, 5.74) is 1.31. The molecule has 0 fully saturated rings. The zero-order valence-corrected chi connectivity index (χ0v) is 11.3. The van der Waals surface area contributed by atoms with E-state index in [1.54, 1.807) is 14.2 Å².